The maximum atomic E-state index is 12.3. The lowest BCUT2D eigenvalue weighted by Crippen LogP contribution is -2.27. The SMILES string of the molecule is Cc1nc2sccn2c(=O)c1NC(=O)Nc1ccc(OC(F)(F)F)cc1. The molecule has 0 aliphatic heterocycles. The van der Waals surface area contributed by atoms with Gasteiger partial charge in [0.25, 0.3) is 5.56 Å². The largest absolute Gasteiger partial charge is 0.573 e. The number of nitrogens with one attached hydrogen (secondary N) is 2. The van der Waals surface area contributed by atoms with Gasteiger partial charge in [0.05, 0.1) is 5.69 Å². The first-order valence-electron chi connectivity index (χ1n) is 7.13. The second-order valence-electron chi connectivity index (χ2n) is 5.08. The average Bonchev–Trinajstić information content (AvgIpc) is 3.00. The van der Waals surface area contributed by atoms with E-state index in [1.165, 1.54) is 34.1 Å². The predicted molar refractivity (Wildman–Crippen MR) is 89.8 cm³/mol. The van der Waals surface area contributed by atoms with Crippen molar-refractivity contribution in [2.45, 2.75) is 13.3 Å². The fraction of sp³-hybridized carbons (Fsp3) is 0.133. The van der Waals surface area contributed by atoms with Crippen molar-refractivity contribution in [2.24, 2.45) is 0 Å². The van der Waals surface area contributed by atoms with E-state index in [0.717, 1.165) is 12.1 Å². The summed E-state index contributed by atoms with van der Waals surface area (Å²) >= 11 is 1.28. The summed E-state index contributed by atoms with van der Waals surface area (Å²) in [7, 11) is 0. The molecule has 2 amide bonds. The molecule has 0 aliphatic carbocycles. The topological polar surface area (TPSA) is 84.7 Å². The smallest absolute Gasteiger partial charge is 0.406 e. The van der Waals surface area contributed by atoms with Crippen molar-refractivity contribution in [1.29, 1.82) is 0 Å². The van der Waals surface area contributed by atoms with Gasteiger partial charge in [0.2, 0.25) is 0 Å². The van der Waals surface area contributed by atoms with E-state index >= 15 is 0 Å². The third-order valence-corrected chi connectivity index (χ3v) is 3.99. The molecule has 0 saturated carbocycles. The van der Waals surface area contributed by atoms with Crippen LogP contribution in [0.15, 0.2) is 40.6 Å². The summed E-state index contributed by atoms with van der Waals surface area (Å²) in [6.07, 6.45) is -3.25. The minimum atomic E-state index is -4.79. The molecule has 11 heteroatoms. The normalized spacial score (nSPS) is 11.4. The first-order valence-corrected chi connectivity index (χ1v) is 8.01. The van der Waals surface area contributed by atoms with Crippen LogP contribution in [0.4, 0.5) is 29.3 Å². The molecule has 3 rings (SSSR count). The molecule has 0 spiro atoms. The Bertz CT molecular complexity index is 1010. The maximum absolute atomic E-state index is 12.3. The molecule has 0 bridgehead atoms. The fourth-order valence-corrected chi connectivity index (χ4v) is 2.89. The highest BCUT2D eigenvalue weighted by atomic mass is 32.1. The highest BCUT2D eigenvalue weighted by Gasteiger charge is 2.30. The number of nitrogens with zero attached hydrogens (tertiary/aromatic N) is 2. The van der Waals surface area contributed by atoms with E-state index in [9.17, 15) is 22.8 Å². The predicted octanol–water partition coefficient (Wildman–Crippen LogP) is 3.61. The first kappa shape index (κ1) is 17.7. The Morgan fingerprint density at radius 2 is 1.92 bits per heavy atom. The number of anilines is 2. The molecule has 0 unspecified atom stereocenters. The van der Waals surface area contributed by atoms with E-state index in [-0.39, 0.29) is 11.4 Å². The van der Waals surface area contributed by atoms with Gasteiger partial charge in [-0.15, -0.1) is 24.5 Å². The number of aromatic nitrogens is 2. The number of hydrogen-bond acceptors (Lipinski definition) is 5. The molecule has 0 fully saturated rings. The average molecular weight is 384 g/mol. The van der Waals surface area contributed by atoms with Crippen LogP contribution in [0.5, 0.6) is 5.75 Å². The van der Waals surface area contributed by atoms with Crippen LogP contribution in [0.2, 0.25) is 0 Å². The lowest BCUT2D eigenvalue weighted by atomic mass is 10.3. The number of fused-ring (bicyclic) bond motifs is 1. The van der Waals surface area contributed by atoms with E-state index in [0.29, 0.717) is 10.7 Å². The molecule has 0 atom stereocenters. The molecule has 0 saturated heterocycles. The zero-order valence-electron chi connectivity index (χ0n) is 13.1. The number of thiazole rings is 1. The second-order valence-corrected chi connectivity index (χ2v) is 5.96. The molecular formula is C15H11F3N4O3S. The van der Waals surface area contributed by atoms with Crippen LogP contribution in [-0.4, -0.2) is 21.8 Å². The monoisotopic (exact) mass is 384 g/mol. The molecule has 2 N–H and O–H groups in total. The Labute approximate surface area is 148 Å². The summed E-state index contributed by atoms with van der Waals surface area (Å²) in [4.78, 5) is 29.1. The van der Waals surface area contributed by atoms with Crippen LogP contribution in [0.3, 0.4) is 0 Å². The van der Waals surface area contributed by atoms with Crippen molar-refractivity contribution in [3.63, 3.8) is 0 Å². The van der Waals surface area contributed by atoms with Gasteiger partial charge >= 0.3 is 12.4 Å². The Balaban J connectivity index is 1.72. The number of urea groups is 1. The van der Waals surface area contributed by atoms with Crippen molar-refractivity contribution < 1.29 is 22.7 Å². The number of rotatable bonds is 3. The molecule has 2 aromatic heterocycles. The van der Waals surface area contributed by atoms with Gasteiger partial charge in [-0.2, -0.15) is 0 Å². The van der Waals surface area contributed by atoms with Crippen LogP contribution in [-0.2, 0) is 0 Å². The first-order chi connectivity index (χ1) is 12.2. The van der Waals surface area contributed by atoms with Crippen molar-refractivity contribution in [2.75, 3.05) is 10.6 Å². The van der Waals surface area contributed by atoms with Crippen LogP contribution < -0.4 is 20.9 Å². The van der Waals surface area contributed by atoms with E-state index in [2.05, 4.69) is 20.4 Å². The number of alkyl halides is 3. The van der Waals surface area contributed by atoms with Gasteiger partial charge in [-0.05, 0) is 31.2 Å². The van der Waals surface area contributed by atoms with Gasteiger partial charge in [0.15, 0.2) is 4.96 Å². The lowest BCUT2D eigenvalue weighted by molar-refractivity contribution is -0.274. The number of aryl methyl sites for hydroxylation is 1. The standard InChI is InChI=1S/C15H11F3N4O3S/c1-8-11(12(23)22-6-7-26-14(22)19-8)21-13(24)20-9-2-4-10(5-3-9)25-15(16,17)18/h2-7H,1H3,(H2,20,21,24). The van der Waals surface area contributed by atoms with Crippen molar-refractivity contribution >= 4 is 33.7 Å². The Kier molecular flexibility index (Phi) is 4.55. The van der Waals surface area contributed by atoms with E-state index < -0.39 is 23.7 Å². The van der Waals surface area contributed by atoms with Gasteiger partial charge < -0.3 is 15.4 Å². The van der Waals surface area contributed by atoms with Gasteiger partial charge in [0, 0.05) is 17.3 Å². The minimum absolute atomic E-state index is 0.00965. The molecule has 7 nitrogen and oxygen atoms in total. The Morgan fingerprint density at radius 1 is 1.23 bits per heavy atom. The quantitative estimate of drug-likeness (QED) is 0.723. The molecular weight excluding hydrogens is 373 g/mol. The summed E-state index contributed by atoms with van der Waals surface area (Å²) in [6.45, 7) is 1.58. The van der Waals surface area contributed by atoms with Crippen LogP contribution in [0, 0.1) is 6.92 Å². The van der Waals surface area contributed by atoms with Gasteiger partial charge in [0.1, 0.15) is 11.4 Å². The third-order valence-electron chi connectivity index (χ3n) is 3.23. The molecule has 1 aromatic carbocycles. The zero-order valence-corrected chi connectivity index (χ0v) is 13.9. The van der Waals surface area contributed by atoms with Gasteiger partial charge in [-0.1, -0.05) is 0 Å². The Morgan fingerprint density at radius 3 is 2.58 bits per heavy atom. The maximum Gasteiger partial charge on any atom is 0.573 e. The lowest BCUT2D eigenvalue weighted by Gasteiger charge is -2.11. The molecule has 0 radical (unpaired) electrons. The van der Waals surface area contributed by atoms with Crippen molar-refractivity contribution in [3.8, 4) is 5.75 Å². The van der Waals surface area contributed by atoms with E-state index in [4.69, 9.17) is 0 Å². The minimum Gasteiger partial charge on any atom is -0.406 e. The van der Waals surface area contributed by atoms with Gasteiger partial charge in [-0.25, -0.2) is 9.78 Å². The molecule has 2 heterocycles. The number of halogens is 3. The molecule has 3 aromatic rings. The number of benzene rings is 1. The summed E-state index contributed by atoms with van der Waals surface area (Å²) < 4.78 is 41.4. The summed E-state index contributed by atoms with van der Waals surface area (Å²) in [6, 6.07) is 3.86. The van der Waals surface area contributed by atoms with E-state index in [1.54, 1.807) is 12.3 Å². The highest BCUT2D eigenvalue weighted by Crippen LogP contribution is 2.24. The van der Waals surface area contributed by atoms with Crippen LogP contribution in [0.1, 0.15) is 5.69 Å². The fourth-order valence-electron chi connectivity index (χ4n) is 2.14. The van der Waals surface area contributed by atoms with Crippen LogP contribution >= 0.6 is 11.3 Å². The van der Waals surface area contributed by atoms with Crippen molar-refractivity contribution in [1.82, 2.24) is 9.38 Å². The van der Waals surface area contributed by atoms with Crippen LogP contribution in [0.25, 0.3) is 4.96 Å². The molecule has 136 valence electrons. The summed E-state index contributed by atoms with van der Waals surface area (Å²) in [5.74, 6) is -0.412. The zero-order chi connectivity index (χ0) is 18.9. The second kappa shape index (κ2) is 6.67. The number of carbonyl (C=O) groups excluding carboxylic acids is 1. The van der Waals surface area contributed by atoms with E-state index in [1.807, 2.05) is 0 Å². The number of amides is 2. The van der Waals surface area contributed by atoms with Crippen molar-refractivity contribution in [3.05, 3.63) is 51.9 Å². The number of hydrogen-bond donors (Lipinski definition) is 2. The molecule has 0 aliphatic rings. The highest BCUT2D eigenvalue weighted by molar-refractivity contribution is 7.15. The molecule has 26 heavy (non-hydrogen) atoms. The van der Waals surface area contributed by atoms with Gasteiger partial charge in [-0.3, -0.25) is 9.20 Å². The Hall–Kier alpha value is -3.08. The number of carbonyl (C=O) groups is 1. The summed E-state index contributed by atoms with van der Waals surface area (Å²) in [5.41, 5.74) is 0.147. The summed E-state index contributed by atoms with van der Waals surface area (Å²) in [5, 5.41) is 6.52. The number of ether oxygens (including phenoxy) is 1. The third kappa shape index (κ3) is 3.94.